The van der Waals surface area contributed by atoms with E-state index in [1.807, 2.05) is 24.3 Å². The maximum atomic E-state index is 12.1. The van der Waals surface area contributed by atoms with Crippen molar-refractivity contribution in [1.82, 2.24) is 15.2 Å². The standard InChI is InChI=1S/C19H17Cl3N4O2S/c1-2-11-3-5-12(6-4-11)28-9-17-24-19(26-25-17)29-10-18(27)23-16-8-14(21)13(20)7-15(16)22/h3-8H,2,9-10H2,1H3,(H,23,27)(H,24,25,26). The molecule has 0 spiro atoms. The Kier molecular flexibility index (Phi) is 7.66. The first-order valence-corrected chi connectivity index (χ1v) is 10.8. The Labute approximate surface area is 187 Å². The number of nitrogens with one attached hydrogen (secondary N) is 2. The molecule has 0 atom stereocenters. The third kappa shape index (κ3) is 6.27. The molecule has 0 aliphatic heterocycles. The highest BCUT2D eigenvalue weighted by Crippen LogP contribution is 2.32. The number of aromatic nitrogens is 3. The third-order valence-electron chi connectivity index (χ3n) is 3.83. The fourth-order valence-electron chi connectivity index (χ4n) is 2.31. The number of aryl methyl sites for hydroxylation is 1. The van der Waals surface area contributed by atoms with E-state index in [4.69, 9.17) is 39.5 Å². The van der Waals surface area contributed by atoms with Crippen LogP contribution in [0.15, 0.2) is 41.6 Å². The number of nitrogens with zero attached hydrogens (tertiary/aromatic N) is 2. The number of ether oxygens (including phenoxy) is 1. The molecule has 0 radical (unpaired) electrons. The van der Waals surface area contributed by atoms with Gasteiger partial charge in [-0.2, -0.15) is 0 Å². The van der Waals surface area contributed by atoms with Gasteiger partial charge in [0.1, 0.15) is 12.4 Å². The van der Waals surface area contributed by atoms with Crippen LogP contribution >= 0.6 is 46.6 Å². The highest BCUT2D eigenvalue weighted by Gasteiger charge is 2.12. The first-order chi connectivity index (χ1) is 13.9. The van der Waals surface area contributed by atoms with Gasteiger partial charge in [0.05, 0.1) is 26.5 Å². The molecule has 29 heavy (non-hydrogen) atoms. The molecule has 0 bridgehead atoms. The van der Waals surface area contributed by atoms with Crippen LogP contribution in [-0.4, -0.2) is 26.8 Å². The van der Waals surface area contributed by atoms with Gasteiger partial charge < -0.3 is 10.1 Å². The van der Waals surface area contributed by atoms with E-state index >= 15 is 0 Å². The highest BCUT2D eigenvalue weighted by molar-refractivity contribution is 7.99. The van der Waals surface area contributed by atoms with Crippen LogP contribution in [0.5, 0.6) is 5.75 Å². The molecule has 3 aromatic rings. The minimum Gasteiger partial charge on any atom is -0.486 e. The van der Waals surface area contributed by atoms with Crippen molar-refractivity contribution < 1.29 is 9.53 Å². The summed E-state index contributed by atoms with van der Waals surface area (Å²) in [5.74, 6) is 1.16. The lowest BCUT2D eigenvalue weighted by atomic mass is 10.2. The number of H-pyrrole nitrogens is 1. The Morgan fingerprint density at radius 3 is 2.59 bits per heavy atom. The van der Waals surface area contributed by atoms with E-state index in [1.165, 1.54) is 29.5 Å². The van der Waals surface area contributed by atoms with E-state index in [2.05, 4.69) is 27.4 Å². The molecule has 1 heterocycles. The number of carbonyl (C=O) groups excluding carboxylic acids is 1. The summed E-state index contributed by atoms with van der Waals surface area (Å²) in [5, 5.41) is 10.9. The van der Waals surface area contributed by atoms with Gasteiger partial charge in [0, 0.05) is 0 Å². The Balaban J connectivity index is 1.48. The van der Waals surface area contributed by atoms with E-state index < -0.39 is 0 Å². The predicted molar refractivity (Wildman–Crippen MR) is 117 cm³/mol. The zero-order valence-electron chi connectivity index (χ0n) is 15.3. The lowest BCUT2D eigenvalue weighted by molar-refractivity contribution is -0.113. The first-order valence-electron chi connectivity index (χ1n) is 8.64. The van der Waals surface area contributed by atoms with Crippen molar-refractivity contribution >= 4 is 58.2 Å². The molecular formula is C19H17Cl3N4O2S. The average molecular weight is 472 g/mol. The van der Waals surface area contributed by atoms with Gasteiger partial charge in [-0.05, 0) is 36.2 Å². The number of halogens is 3. The zero-order chi connectivity index (χ0) is 20.8. The molecule has 1 aromatic heterocycles. The van der Waals surface area contributed by atoms with E-state index in [0.29, 0.717) is 31.7 Å². The minimum atomic E-state index is -0.270. The molecule has 0 saturated carbocycles. The molecule has 2 N–H and O–H groups in total. The van der Waals surface area contributed by atoms with E-state index in [0.717, 1.165) is 12.2 Å². The van der Waals surface area contributed by atoms with Crippen LogP contribution in [0.1, 0.15) is 18.3 Å². The van der Waals surface area contributed by atoms with Crippen LogP contribution in [-0.2, 0) is 17.8 Å². The normalized spacial score (nSPS) is 10.8. The van der Waals surface area contributed by atoms with Crippen molar-refractivity contribution in [2.75, 3.05) is 11.1 Å². The fraction of sp³-hybridized carbons (Fsp3) is 0.211. The quantitative estimate of drug-likeness (QED) is 0.328. The maximum absolute atomic E-state index is 12.1. The first kappa shape index (κ1) is 21.8. The van der Waals surface area contributed by atoms with Crippen LogP contribution < -0.4 is 10.1 Å². The average Bonchev–Trinajstić information content (AvgIpc) is 3.17. The molecule has 0 aliphatic carbocycles. The highest BCUT2D eigenvalue weighted by atomic mass is 35.5. The number of aromatic amines is 1. The monoisotopic (exact) mass is 470 g/mol. The smallest absolute Gasteiger partial charge is 0.234 e. The molecule has 2 aromatic carbocycles. The van der Waals surface area contributed by atoms with E-state index in [9.17, 15) is 4.79 Å². The second-order valence-corrected chi connectivity index (χ2v) is 8.10. The molecule has 152 valence electrons. The number of amides is 1. The van der Waals surface area contributed by atoms with Crippen LogP contribution in [0.3, 0.4) is 0 Å². The summed E-state index contributed by atoms with van der Waals surface area (Å²) >= 11 is 19.1. The number of carbonyl (C=O) groups is 1. The number of rotatable bonds is 8. The predicted octanol–water partition coefficient (Wildman–Crippen LogP) is 5.64. The number of hydrogen-bond acceptors (Lipinski definition) is 5. The summed E-state index contributed by atoms with van der Waals surface area (Å²) in [5.41, 5.74) is 1.64. The van der Waals surface area contributed by atoms with Crippen molar-refractivity contribution in [1.29, 1.82) is 0 Å². The Morgan fingerprint density at radius 1 is 1.14 bits per heavy atom. The van der Waals surface area contributed by atoms with E-state index in [1.54, 1.807) is 0 Å². The number of anilines is 1. The summed E-state index contributed by atoms with van der Waals surface area (Å²) in [4.78, 5) is 16.5. The van der Waals surface area contributed by atoms with E-state index in [-0.39, 0.29) is 18.3 Å². The third-order valence-corrected chi connectivity index (χ3v) is 5.72. The van der Waals surface area contributed by atoms with Gasteiger partial charge in [0.2, 0.25) is 11.1 Å². The van der Waals surface area contributed by atoms with Crippen LogP contribution in [0.4, 0.5) is 5.69 Å². The molecule has 6 nitrogen and oxygen atoms in total. The lowest BCUT2D eigenvalue weighted by Gasteiger charge is -2.08. The van der Waals surface area contributed by atoms with Gasteiger partial charge >= 0.3 is 0 Å². The SMILES string of the molecule is CCc1ccc(OCc2nc(SCC(=O)Nc3cc(Cl)c(Cl)cc3Cl)n[nH]2)cc1. The molecule has 1 amide bonds. The van der Waals surface area contributed by atoms with Crippen molar-refractivity contribution in [3.05, 3.63) is 62.9 Å². The second-order valence-electron chi connectivity index (χ2n) is 5.93. The van der Waals surface area contributed by atoms with Crippen molar-refractivity contribution in [3.63, 3.8) is 0 Å². The summed E-state index contributed by atoms with van der Waals surface area (Å²) in [6.45, 7) is 2.35. The van der Waals surface area contributed by atoms with Crippen LogP contribution in [0, 0.1) is 0 Å². The molecule has 10 heteroatoms. The molecule has 0 saturated heterocycles. The van der Waals surface area contributed by atoms with Gasteiger partial charge in [0.15, 0.2) is 5.82 Å². The molecule has 0 fully saturated rings. The minimum absolute atomic E-state index is 0.104. The van der Waals surface area contributed by atoms with Crippen molar-refractivity contribution in [2.24, 2.45) is 0 Å². The zero-order valence-corrected chi connectivity index (χ0v) is 18.4. The molecule has 0 aliphatic rings. The number of thioether (sulfide) groups is 1. The van der Waals surface area contributed by atoms with Crippen molar-refractivity contribution in [2.45, 2.75) is 25.1 Å². The summed E-state index contributed by atoms with van der Waals surface area (Å²) in [7, 11) is 0. The molecule has 0 unspecified atom stereocenters. The summed E-state index contributed by atoms with van der Waals surface area (Å²) in [6.07, 6.45) is 0.980. The Morgan fingerprint density at radius 2 is 1.86 bits per heavy atom. The summed E-state index contributed by atoms with van der Waals surface area (Å²) in [6, 6.07) is 10.9. The maximum Gasteiger partial charge on any atom is 0.234 e. The number of benzene rings is 2. The van der Waals surface area contributed by atoms with Gasteiger partial charge in [-0.15, -0.1) is 5.10 Å². The Bertz CT molecular complexity index is 996. The summed E-state index contributed by atoms with van der Waals surface area (Å²) < 4.78 is 5.68. The van der Waals surface area contributed by atoms with Gasteiger partial charge in [-0.25, -0.2) is 4.98 Å². The Hall–Kier alpha value is -1.93. The van der Waals surface area contributed by atoms with Crippen LogP contribution in [0.2, 0.25) is 15.1 Å². The second kappa shape index (κ2) is 10.2. The molecule has 3 rings (SSSR count). The van der Waals surface area contributed by atoms with Gasteiger partial charge in [-0.1, -0.05) is 65.6 Å². The van der Waals surface area contributed by atoms with Crippen molar-refractivity contribution in [3.8, 4) is 5.75 Å². The fourth-order valence-corrected chi connectivity index (χ4v) is 3.53. The molecular weight excluding hydrogens is 455 g/mol. The number of hydrogen-bond donors (Lipinski definition) is 2. The lowest BCUT2D eigenvalue weighted by Crippen LogP contribution is -2.14. The topological polar surface area (TPSA) is 79.9 Å². The van der Waals surface area contributed by atoms with Gasteiger partial charge in [-0.3, -0.25) is 9.89 Å². The largest absolute Gasteiger partial charge is 0.486 e. The van der Waals surface area contributed by atoms with Crippen LogP contribution in [0.25, 0.3) is 0 Å². The van der Waals surface area contributed by atoms with Gasteiger partial charge in [0.25, 0.3) is 0 Å².